The Morgan fingerprint density at radius 3 is 2.77 bits per heavy atom. The maximum absolute atomic E-state index is 5.50. The van der Waals surface area contributed by atoms with Crippen LogP contribution in [0.3, 0.4) is 0 Å². The van der Waals surface area contributed by atoms with Gasteiger partial charge in [0.2, 0.25) is 6.79 Å². The number of aromatic nitrogens is 1. The number of aryl methyl sites for hydroxylation is 2. The summed E-state index contributed by atoms with van der Waals surface area (Å²) < 4.78 is 10.9. The van der Waals surface area contributed by atoms with Gasteiger partial charge in [-0.05, 0) is 43.9 Å². The van der Waals surface area contributed by atoms with Crippen molar-refractivity contribution >= 4 is 17.3 Å². The van der Waals surface area contributed by atoms with Crippen LogP contribution in [0.4, 0.5) is 0 Å². The van der Waals surface area contributed by atoms with Gasteiger partial charge in [-0.25, -0.2) is 4.98 Å². The molecule has 0 saturated carbocycles. The molecule has 1 aromatic heterocycles. The third-order valence-corrected chi connectivity index (χ3v) is 6.52. The molecular formula is C22H31N5O2S. The molecule has 2 aromatic rings. The molecule has 1 fully saturated rings. The molecule has 0 bridgehead atoms. The monoisotopic (exact) mass is 429 g/mol. The Hall–Kier alpha value is -2.32. The molecule has 0 radical (unpaired) electrons. The van der Waals surface area contributed by atoms with E-state index in [-0.39, 0.29) is 0 Å². The van der Waals surface area contributed by atoms with Gasteiger partial charge < -0.3 is 19.7 Å². The Morgan fingerprint density at radius 2 is 2.00 bits per heavy atom. The number of thiazole rings is 1. The Labute approximate surface area is 182 Å². The molecule has 0 amide bonds. The van der Waals surface area contributed by atoms with Gasteiger partial charge in [0.25, 0.3) is 0 Å². The van der Waals surface area contributed by atoms with Gasteiger partial charge in [-0.3, -0.25) is 9.89 Å². The molecule has 4 rings (SSSR count). The molecule has 0 aliphatic carbocycles. The molecule has 1 aromatic carbocycles. The van der Waals surface area contributed by atoms with Gasteiger partial charge >= 0.3 is 0 Å². The Morgan fingerprint density at radius 1 is 1.17 bits per heavy atom. The lowest BCUT2D eigenvalue weighted by atomic mass is 10.1. The molecule has 0 unspecified atom stereocenters. The van der Waals surface area contributed by atoms with E-state index in [1.165, 1.54) is 10.6 Å². The van der Waals surface area contributed by atoms with Crippen LogP contribution in [0.25, 0.3) is 0 Å². The van der Waals surface area contributed by atoms with Crippen molar-refractivity contribution in [2.75, 3.05) is 46.6 Å². The molecule has 3 heterocycles. The maximum Gasteiger partial charge on any atom is 0.231 e. The molecule has 2 aliphatic heterocycles. The lowest BCUT2D eigenvalue weighted by Gasteiger charge is -2.36. The third kappa shape index (κ3) is 5.43. The van der Waals surface area contributed by atoms with E-state index < -0.39 is 0 Å². The van der Waals surface area contributed by atoms with Crippen LogP contribution in [0.1, 0.15) is 29.1 Å². The Balaban J connectivity index is 1.16. The first-order valence-electron chi connectivity index (χ1n) is 10.7. The highest BCUT2D eigenvalue weighted by atomic mass is 32.1. The number of piperazine rings is 1. The molecule has 30 heavy (non-hydrogen) atoms. The summed E-state index contributed by atoms with van der Waals surface area (Å²) in [6.07, 6.45) is 3.35. The fourth-order valence-corrected chi connectivity index (χ4v) is 4.68. The SMILES string of the molecule is CN=C(NCCCCc1nc(C)cs1)N1CCN(Cc2ccc3c(c2)OCO3)CC1. The van der Waals surface area contributed by atoms with Crippen molar-refractivity contribution in [1.82, 2.24) is 20.1 Å². The number of hydrogen-bond acceptors (Lipinski definition) is 6. The molecule has 1 saturated heterocycles. The Bertz CT molecular complexity index is 861. The molecule has 0 spiro atoms. The maximum atomic E-state index is 5.50. The van der Waals surface area contributed by atoms with Crippen LogP contribution < -0.4 is 14.8 Å². The average molecular weight is 430 g/mol. The number of rotatable bonds is 7. The van der Waals surface area contributed by atoms with E-state index >= 15 is 0 Å². The van der Waals surface area contributed by atoms with Crippen molar-refractivity contribution in [3.8, 4) is 11.5 Å². The van der Waals surface area contributed by atoms with Crippen LogP contribution in [0, 0.1) is 6.92 Å². The van der Waals surface area contributed by atoms with E-state index in [0.29, 0.717) is 6.79 Å². The average Bonchev–Trinajstić information content (AvgIpc) is 3.40. The topological polar surface area (TPSA) is 62.2 Å². The van der Waals surface area contributed by atoms with E-state index in [9.17, 15) is 0 Å². The summed E-state index contributed by atoms with van der Waals surface area (Å²) in [7, 11) is 1.87. The van der Waals surface area contributed by atoms with E-state index in [4.69, 9.17) is 9.47 Å². The molecule has 2 aliphatic rings. The van der Waals surface area contributed by atoms with Crippen LogP contribution in [-0.4, -0.2) is 67.3 Å². The Kier molecular flexibility index (Phi) is 7.07. The second-order valence-electron chi connectivity index (χ2n) is 7.76. The number of ether oxygens (including phenoxy) is 2. The number of benzene rings is 1. The minimum atomic E-state index is 0.328. The minimum absolute atomic E-state index is 0.328. The number of nitrogens with zero attached hydrogens (tertiary/aromatic N) is 4. The summed E-state index contributed by atoms with van der Waals surface area (Å²) in [6.45, 7) is 8.30. The van der Waals surface area contributed by atoms with Gasteiger partial charge in [0, 0.05) is 57.4 Å². The van der Waals surface area contributed by atoms with Gasteiger partial charge in [-0.15, -0.1) is 11.3 Å². The van der Waals surface area contributed by atoms with Gasteiger partial charge in [0.1, 0.15) is 0 Å². The molecule has 162 valence electrons. The first-order chi connectivity index (χ1) is 14.7. The number of unbranched alkanes of at least 4 members (excludes halogenated alkanes) is 1. The summed E-state index contributed by atoms with van der Waals surface area (Å²) in [4.78, 5) is 13.9. The summed E-state index contributed by atoms with van der Waals surface area (Å²) in [5.74, 6) is 2.73. The highest BCUT2D eigenvalue weighted by molar-refractivity contribution is 7.09. The van der Waals surface area contributed by atoms with Gasteiger partial charge in [0.15, 0.2) is 17.5 Å². The fraction of sp³-hybridized carbons (Fsp3) is 0.545. The standard InChI is InChI=1S/C22H31N5O2S/c1-17-15-30-21(25-17)5-3-4-8-24-22(23-2)27-11-9-26(10-12-27)14-18-6-7-19-20(13-18)29-16-28-19/h6-7,13,15H,3-5,8-12,14,16H2,1-2H3,(H,23,24). The van der Waals surface area contributed by atoms with E-state index in [2.05, 4.69) is 49.5 Å². The van der Waals surface area contributed by atoms with Crippen molar-refractivity contribution in [2.45, 2.75) is 32.7 Å². The number of nitrogens with one attached hydrogen (secondary N) is 1. The third-order valence-electron chi connectivity index (χ3n) is 5.49. The lowest BCUT2D eigenvalue weighted by Crippen LogP contribution is -2.52. The van der Waals surface area contributed by atoms with Gasteiger partial charge in [-0.1, -0.05) is 6.07 Å². The van der Waals surface area contributed by atoms with Crippen molar-refractivity contribution in [1.29, 1.82) is 0 Å². The smallest absolute Gasteiger partial charge is 0.231 e. The van der Waals surface area contributed by atoms with Crippen LogP contribution >= 0.6 is 11.3 Å². The fourth-order valence-electron chi connectivity index (χ4n) is 3.87. The van der Waals surface area contributed by atoms with Gasteiger partial charge in [-0.2, -0.15) is 0 Å². The van der Waals surface area contributed by atoms with E-state index in [1.54, 1.807) is 11.3 Å². The summed E-state index contributed by atoms with van der Waals surface area (Å²) in [5, 5.41) is 6.91. The highest BCUT2D eigenvalue weighted by Crippen LogP contribution is 2.32. The number of hydrogen-bond donors (Lipinski definition) is 1. The van der Waals surface area contributed by atoms with Crippen molar-refractivity contribution < 1.29 is 9.47 Å². The number of fused-ring (bicyclic) bond motifs is 1. The van der Waals surface area contributed by atoms with Crippen molar-refractivity contribution in [2.24, 2.45) is 4.99 Å². The molecule has 1 N–H and O–H groups in total. The van der Waals surface area contributed by atoms with Crippen LogP contribution in [0.5, 0.6) is 11.5 Å². The quantitative estimate of drug-likeness (QED) is 0.415. The molecule has 8 heteroatoms. The largest absolute Gasteiger partial charge is 0.454 e. The first-order valence-corrected chi connectivity index (χ1v) is 11.6. The van der Waals surface area contributed by atoms with Crippen molar-refractivity contribution in [3.05, 3.63) is 39.8 Å². The second kappa shape index (κ2) is 10.1. The highest BCUT2D eigenvalue weighted by Gasteiger charge is 2.20. The normalized spacial score (nSPS) is 16.9. The lowest BCUT2D eigenvalue weighted by molar-refractivity contribution is 0.171. The molecule has 7 nitrogen and oxygen atoms in total. The molecule has 0 atom stereocenters. The van der Waals surface area contributed by atoms with E-state index in [0.717, 1.165) is 81.7 Å². The van der Waals surface area contributed by atoms with Crippen molar-refractivity contribution in [3.63, 3.8) is 0 Å². The number of guanidine groups is 1. The van der Waals surface area contributed by atoms with E-state index in [1.807, 2.05) is 13.1 Å². The van der Waals surface area contributed by atoms with Crippen LogP contribution in [0.15, 0.2) is 28.6 Å². The second-order valence-corrected chi connectivity index (χ2v) is 8.71. The zero-order chi connectivity index (χ0) is 20.8. The molecular weight excluding hydrogens is 398 g/mol. The minimum Gasteiger partial charge on any atom is -0.454 e. The summed E-state index contributed by atoms with van der Waals surface area (Å²) in [5.41, 5.74) is 2.40. The van der Waals surface area contributed by atoms with Gasteiger partial charge in [0.05, 0.1) is 5.01 Å². The first kappa shape index (κ1) is 20.9. The number of aliphatic imine (C=N–C) groups is 1. The predicted molar refractivity (Wildman–Crippen MR) is 121 cm³/mol. The van der Waals surface area contributed by atoms with Crippen LogP contribution in [0.2, 0.25) is 0 Å². The summed E-state index contributed by atoms with van der Waals surface area (Å²) >= 11 is 1.77. The zero-order valence-electron chi connectivity index (χ0n) is 17.9. The van der Waals surface area contributed by atoms with Crippen LogP contribution in [-0.2, 0) is 13.0 Å². The predicted octanol–water partition coefficient (Wildman–Crippen LogP) is 2.90. The zero-order valence-corrected chi connectivity index (χ0v) is 18.7. The summed E-state index contributed by atoms with van der Waals surface area (Å²) in [6, 6.07) is 6.24.